The molecule has 3 N–H and O–H groups in total. The van der Waals surface area contributed by atoms with Crippen molar-refractivity contribution in [2.24, 2.45) is 0 Å². The number of nitrogens with one attached hydrogen (secondary N) is 1. The molecule has 106 valence electrons. The van der Waals surface area contributed by atoms with Crippen molar-refractivity contribution in [3.8, 4) is 0 Å². The summed E-state index contributed by atoms with van der Waals surface area (Å²) in [5.41, 5.74) is -2.26. The molecule has 0 saturated heterocycles. The van der Waals surface area contributed by atoms with Crippen molar-refractivity contribution in [2.45, 2.75) is 17.4 Å². The number of benzene rings is 1. The molecule has 0 saturated carbocycles. The minimum atomic E-state index is -4.15. The van der Waals surface area contributed by atoms with Gasteiger partial charge in [-0.15, -0.1) is 0 Å². The highest BCUT2D eigenvalue weighted by Crippen LogP contribution is 2.22. The van der Waals surface area contributed by atoms with Crippen LogP contribution in [0.5, 0.6) is 0 Å². The third kappa shape index (κ3) is 3.87. The van der Waals surface area contributed by atoms with Gasteiger partial charge in [0.1, 0.15) is 10.7 Å². The number of rotatable bonds is 5. The second-order valence-electron chi connectivity index (χ2n) is 3.98. The lowest BCUT2D eigenvalue weighted by Gasteiger charge is -2.18. The third-order valence-corrected chi connectivity index (χ3v) is 4.13. The Balaban J connectivity index is 2.97. The van der Waals surface area contributed by atoms with Gasteiger partial charge in [0, 0.05) is 0 Å². The first-order valence-electron chi connectivity index (χ1n) is 4.97. The SMILES string of the molecule is CC(O)(CNS(=O)(=O)c1ccc(F)cc1Cl)C(=O)O. The molecule has 1 atom stereocenters. The fourth-order valence-corrected chi connectivity index (χ4v) is 2.74. The molecule has 0 heterocycles. The fraction of sp³-hybridized carbons (Fsp3) is 0.300. The first-order chi connectivity index (χ1) is 8.56. The zero-order valence-corrected chi connectivity index (χ0v) is 11.3. The molecule has 0 aliphatic heterocycles. The zero-order valence-electron chi connectivity index (χ0n) is 9.72. The maximum atomic E-state index is 12.8. The fourth-order valence-electron chi connectivity index (χ4n) is 1.08. The molecular weight excluding hydrogens is 301 g/mol. The summed E-state index contributed by atoms with van der Waals surface area (Å²) in [7, 11) is -4.15. The maximum absolute atomic E-state index is 12.8. The van der Waals surface area contributed by atoms with Crippen LogP contribution in [0.15, 0.2) is 23.1 Å². The van der Waals surface area contributed by atoms with Gasteiger partial charge in [-0.3, -0.25) is 0 Å². The molecule has 0 amide bonds. The van der Waals surface area contributed by atoms with E-state index in [0.29, 0.717) is 0 Å². The van der Waals surface area contributed by atoms with Gasteiger partial charge in [-0.25, -0.2) is 22.3 Å². The summed E-state index contributed by atoms with van der Waals surface area (Å²) in [5.74, 6) is -2.29. The van der Waals surface area contributed by atoms with Crippen LogP contribution in [0, 0.1) is 5.82 Å². The summed E-state index contributed by atoms with van der Waals surface area (Å²) in [6.45, 7) is 0.183. The van der Waals surface area contributed by atoms with Crippen LogP contribution in [-0.2, 0) is 14.8 Å². The van der Waals surface area contributed by atoms with Crippen LogP contribution >= 0.6 is 11.6 Å². The van der Waals surface area contributed by atoms with E-state index in [1.807, 2.05) is 4.72 Å². The number of carboxylic acids is 1. The summed E-state index contributed by atoms with van der Waals surface area (Å²) in [6.07, 6.45) is 0. The van der Waals surface area contributed by atoms with E-state index in [4.69, 9.17) is 16.7 Å². The second-order valence-corrected chi connectivity index (χ2v) is 6.12. The van der Waals surface area contributed by atoms with Crippen LogP contribution in [0.3, 0.4) is 0 Å². The molecule has 1 aromatic rings. The molecule has 0 aromatic heterocycles. The van der Waals surface area contributed by atoms with Crippen LogP contribution in [-0.4, -0.2) is 36.7 Å². The second kappa shape index (κ2) is 5.41. The van der Waals surface area contributed by atoms with Gasteiger partial charge in [0.25, 0.3) is 0 Å². The lowest BCUT2D eigenvalue weighted by Crippen LogP contribution is -2.46. The molecule has 0 radical (unpaired) electrons. The van der Waals surface area contributed by atoms with E-state index in [2.05, 4.69) is 0 Å². The molecular formula is C10H11ClFNO5S. The molecule has 1 rings (SSSR count). The highest BCUT2D eigenvalue weighted by atomic mass is 35.5. The number of hydrogen-bond donors (Lipinski definition) is 3. The molecule has 1 aromatic carbocycles. The number of halogens is 2. The highest BCUT2D eigenvalue weighted by Gasteiger charge is 2.32. The van der Waals surface area contributed by atoms with E-state index in [0.717, 1.165) is 25.1 Å². The minimum Gasteiger partial charge on any atom is -0.479 e. The van der Waals surface area contributed by atoms with Gasteiger partial charge < -0.3 is 10.2 Å². The summed E-state index contributed by atoms with van der Waals surface area (Å²) >= 11 is 5.59. The number of hydrogen-bond acceptors (Lipinski definition) is 4. The van der Waals surface area contributed by atoms with Gasteiger partial charge in [-0.1, -0.05) is 11.6 Å². The van der Waals surface area contributed by atoms with Gasteiger partial charge in [0.15, 0.2) is 5.60 Å². The van der Waals surface area contributed by atoms with E-state index in [9.17, 15) is 22.7 Å². The van der Waals surface area contributed by atoms with E-state index in [1.165, 1.54) is 0 Å². The standard InChI is InChI=1S/C10H11ClFNO5S/c1-10(16,9(14)15)5-13-19(17,18)8-3-2-6(12)4-7(8)11/h2-4,13,16H,5H2,1H3,(H,14,15). The van der Waals surface area contributed by atoms with Crippen LogP contribution in [0.25, 0.3) is 0 Å². The predicted octanol–water partition coefficient (Wildman–Crippen LogP) is 0.593. The topological polar surface area (TPSA) is 104 Å². The molecule has 0 aliphatic carbocycles. The monoisotopic (exact) mass is 311 g/mol. The van der Waals surface area contributed by atoms with Crippen molar-refractivity contribution >= 4 is 27.6 Å². The molecule has 0 aliphatic rings. The highest BCUT2D eigenvalue weighted by molar-refractivity contribution is 7.89. The Morgan fingerprint density at radius 2 is 2.11 bits per heavy atom. The molecule has 0 bridgehead atoms. The predicted molar refractivity (Wildman–Crippen MR) is 64.9 cm³/mol. The zero-order chi connectivity index (χ0) is 14.8. The lowest BCUT2D eigenvalue weighted by atomic mass is 10.1. The largest absolute Gasteiger partial charge is 0.479 e. The summed E-state index contributed by atoms with van der Waals surface area (Å²) in [6, 6.07) is 2.65. The first kappa shape index (κ1) is 15.8. The first-order valence-corrected chi connectivity index (χ1v) is 6.83. The van der Waals surface area contributed by atoms with Gasteiger partial charge in [-0.05, 0) is 25.1 Å². The van der Waals surface area contributed by atoms with E-state index in [-0.39, 0.29) is 5.02 Å². The lowest BCUT2D eigenvalue weighted by molar-refractivity contribution is -0.155. The maximum Gasteiger partial charge on any atom is 0.336 e. The Morgan fingerprint density at radius 3 is 2.58 bits per heavy atom. The molecule has 0 fully saturated rings. The van der Waals surface area contributed by atoms with E-state index < -0.39 is 38.9 Å². The van der Waals surface area contributed by atoms with Crippen molar-refractivity contribution in [1.82, 2.24) is 4.72 Å². The number of carboxylic acid groups (broad SMARTS) is 1. The summed E-state index contributed by atoms with van der Waals surface area (Å²) in [5, 5.41) is 17.7. The Labute approximate surface area is 113 Å². The van der Waals surface area contributed by atoms with Crippen molar-refractivity contribution in [3.63, 3.8) is 0 Å². The Morgan fingerprint density at radius 1 is 1.53 bits per heavy atom. The Bertz CT molecular complexity index is 602. The Kier molecular flexibility index (Phi) is 4.51. The molecule has 0 spiro atoms. The average Bonchev–Trinajstić information content (AvgIpc) is 2.26. The van der Waals surface area contributed by atoms with Gasteiger partial charge in [0.05, 0.1) is 11.6 Å². The van der Waals surface area contributed by atoms with Crippen LogP contribution in [0.4, 0.5) is 4.39 Å². The van der Waals surface area contributed by atoms with Crippen LogP contribution in [0.1, 0.15) is 6.92 Å². The molecule has 19 heavy (non-hydrogen) atoms. The minimum absolute atomic E-state index is 0.345. The van der Waals surface area contributed by atoms with Gasteiger partial charge in [-0.2, -0.15) is 0 Å². The quantitative estimate of drug-likeness (QED) is 0.738. The molecule has 6 nitrogen and oxygen atoms in total. The van der Waals surface area contributed by atoms with Crippen molar-refractivity contribution in [3.05, 3.63) is 29.0 Å². The number of aliphatic hydroxyl groups is 1. The van der Waals surface area contributed by atoms with Crippen molar-refractivity contribution in [1.29, 1.82) is 0 Å². The third-order valence-electron chi connectivity index (χ3n) is 2.25. The number of carbonyl (C=O) groups is 1. The van der Waals surface area contributed by atoms with E-state index >= 15 is 0 Å². The Hall–Kier alpha value is -1.22. The van der Waals surface area contributed by atoms with Crippen LogP contribution < -0.4 is 4.72 Å². The van der Waals surface area contributed by atoms with E-state index in [1.54, 1.807) is 0 Å². The molecule has 9 heteroatoms. The van der Waals surface area contributed by atoms with Gasteiger partial charge >= 0.3 is 5.97 Å². The average molecular weight is 312 g/mol. The summed E-state index contributed by atoms with van der Waals surface area (Å²) in [4.78, 5) is 10.2. The number of sulfonamides is 1. The number of aliphatic carboxylic acids is 1. The molecule has 1 unspecified atom stereocenters. The smallest absolute Gasteiger partial charge is 0.336 e. The normalized spacial score (nSPS) is 14.9. The summed E-state index contributed by atoms with van der Waals surface area (Å²) < 4.78 is 38.3. The van der Waals surface area contributed by atoms with Crippen molar-refractivity contribution in [2.75, 3.05) is 6.54 Å². The van der Waals surface area contributed by atoms with Gasteiger partial charge in [0.2, 0.25) is 10.0 Å². The van der Waals surface area contributed by atoms with Crippen LogP contribution in [0.2, 0.25) is 5.02 Å². The van der Waals surface area contributed by atoms with Crippen molar-refractivity contribution < 1.29 is 27.8 Å².